The van der Waals surface area contributed by atoms with Gasteiger partial charge in [0.1, 0.15) is 0 Å². The Bertz CT molecular complexity index is 474. The largest absolute Gasteiger partial charge is 0.493 e. The molecule has 0 radical (unpaired) electrons. The molecule has 0 saturated heterocycles. The Kier molecular flexibility index (Phi) is 4.28. The van der Waals surface area contributed by atoms with E-state index < -0.39 is 0 Å². The van der Waals surface area contributed by atoms with Crippen LogP contribution in [0.5, 0.6) is 11.5 Å². The van der Waals surface area contributed by atoms with Crippen LogP contribution in [-0.2, 0) is 0 Å². The summed E-state index contributed by atoms with van der Waals surface area (Å²) >= 11 is 0. The van der Waals surface area contributed by atoms with E-state index in [-0.39, 0.29) is 5.41 Å². The molecule has 0 aromatic heterocycles. The number of nitrogens with two attached hydrogens (primary N) is 1. The average molecular weight is 260 g/mol. The second kappa shape index (κ2) is 5.94. The Hall–Kier alpha value is -1.73. The van der Waals surface area contributed by atoms with Gasteiger partial charge >= 0.3 is 0 Å². The van der Waals surface area contributed by atoms with Gasteiger partial charge in [0, 0.05) is 18.0 Å². The van der Waals surface area contributed by atoms with Crippen LogP contribution in [0.3, 0.4) is 0 Å². The van der Waals surface area contributed by atoms with E-state index in [2.05, 4.69) is 6.07 Å². The zero-order valence-corrected chi connectivity index (χ0v) is 11.3. The van der Waals surface area contributed by atoms with E-state index in [1.54, 1.807) is 25.3 Å². The standard InChI is InChI=1S/C15H20N2O2/c1-18-13-5-4-12(9-16)8-14(13)19-11-15(10-17)6-2-3-7-15/h4-5,8H,2-3,6-7,10-11,17H2,1H3. The molecular formula is C15H20N2O2. The van der Waals surface area contributed by atoms with Gasteiger partial charge < -0.3 is 15.2 Å². The van der Waals surface area contributed by atoms with Crippen molar-refractivity contribution in [2.45, 2.75) is 25.7 Å². The normalized spacial score (nSPS) is 16.9. The number of hydrogen-bond acceptors (Lipinski definition) is 4. The van der Waals surface area contributed by atoms with Crippen molar-refractivity contribution < 1.29 is 9.47 Å². The molecule has 0 aliphatic heterocycles. The monoisotopic (exact) mass is 260 g/mol. The van der Waals surface area contributed by atoms with Gasteiger partial charge in [-0.3, -0.25) is 0 Å². The lowest BCUT2D eigenvalue weighted by Crippen LogP contribution is -2.33. The van der Waals surface area contributed by atoms with Gasteiger partial charge in [0.25, 0.3) is 0 Å². The van der Waals surface area contributed by atoms with Crippen molar-refractivity contribution in [3.8, 4) is 17.6 Å². The minimum absolute atomic E-state index is 0.0909. The summed E-state index contributed by atoms with van der Waals surface area (Å²) in [4.78, 5) is 0. The van der Waals surface area contributed by atoms with Gasteiger partial charge in [0.05, 0.1) is 25.3 Å². The van der Waals surface area contributed by atoms with Crippen LogP contribution in [0.1, 0.15) is 31.2 Å². The lowest BCUT2D eigenvalue weighted by Gasteiger charge is -2.27. The highest BCUT2D eigenvalue weighted by molar-refractivity contribution is 5.46. The molecule has 0 spiro atoms. The van der Waals surface area contributed by atoms with Crippen LogP contribution in [-0.4, -0.2) is 20.3 Å². The number of ether oxygens (including phenoxy) is 2. The number of methoxy groups -OCH3 is 1. The smallest absolute Gasteiger partial charge is 0.162 e. The van der Waals surface area contributed by atoms with Crippen LogP contribution in [0, 0.1) is 16.7 Å². The average Bonchev–Trinajstić information content (AvgIpc) is 2.94. The van der Waals surface area contributed by atoms with Crippen molar-refractivity contribution in [1.82, 2.24) is 0 Å². The lowest BCUT2D eigenvalue weighted by atomic mass is 9.87. The molecule has 1 aliphatic rings. The van der Waals surface area contributed by atoms with Crippen LogP contribution in [0.4, 0.5) is 0 Å². The van der Waals surface area contributed by atoms with Gasteiger partial charge in [-0.2, -0.15) is 5.26 Å². The first-order valence-electron chi connectivity index (χ1n) is 6.64. The van der Waals surface area contributed by atoms with E-state index in [1.165, 1.54) is 12.8 Å². The number of rotatable bonds is 5. The third kappa shape index (κ3) is 2.99. The fourth-order valence-corrected chi connectivity index (χ4v) is 2.62. The molecule has 4 heteroatoms. The Balaban J connectivity index is 2.12. The van der Waals surface area contributed by atoms with Crippen LogP contribution in [0.2, 0.25) is 0 Å². The first-order chi connectivity index (χ1) is 9.23. The fourth-order valence-electron chi connectivity index (χ4n) is 2.62. The molecule has 1 aromatic rings. The van der Waals surface area contributed by atoms with Crippen LogP contribution in [0.25, 0.3) is 0 Å². The van der Waals surface area contributed by atoms with Crippen LogP contribution < -0.4 is 15.2 Å². The van der Waals surface area contributed by atoms with E-state index in [1.807, 2.05) is 0 Å². The summed E-state index contributed by atoms with van der Waals surface area (Å²) in [5, 5.41) is 8.94. The first kappa shape index (κ1) is 13.7. The molecule has 0 unspecified atom stereocenters. The summed E-state index contributed by atoms with van der Waals surface area (Å²) in [5.41, 5.74) is 6.56. The SMILES string of the molecule is COc1ccc(C#N)cc1OCC1(CN)CCCC1. The molecule has 102 valence electrons. The van der Waals surface area contributed by atoms with E-state index in [0.29, 0.717) is 30.2 Å². The molecule has 1 aliphatic carbocycles. The van der Waals surface area contributed by atoms with Gasteiger partial charge in [-0.05, 0) is 25.0 Å². The summed E-state index contributed by atoms with van der Waals surface area (Å²) in [6, 6.07) is 7.31. The minimum Gasteiger partial charge on any atom is -0.493 e. The molecule has 2 N–H and O–H groups in total. The summed E-state index contributed by atoms with van der Waals surface area (Å²) in [6.07, 6.45) is 4.67. The third-order valence-electron chi connectivity index (χ3n) is 3.92. The zero-order chi connectivity index (χ0) is 13.7. The van der Waals surface area contributed by atoms with Crippen molar-refractivity contribution in [2.75, 3.05) is 20.3 Å². The number of benzene rings is 1. The van der Waals surface area contributed by atoms with E-state index in [0.717, 1.165) is 12.8 Å². The Morgan fingerprint density at radius 1 is 1.32 bits per heavy atom. The maximum absolute atomic E-state index is 8.94. The van der Waals surface area contributed by atoms with Crippen molar-refractivity contribution >= 4 is 0 Å². The third-order valence-corrected chi connectivity index (χ3v) is 3.92. The molecule has 1 aromatic carbocycles. The zero-order valence-electron chi connectivity index (χ0n) is 11.3. The Morgan fingerprint density at radius 2 is 2.05 bits per heavy atom. The highest BCUT2D eigenvalue weighted by atomic mass is 16.5. The Labute approximate surface area is 114 Å². The number of nitriles is 1. The fraction of sp³-hybridized carbons (Fsp3) is 0.533. The van der Waals surface area contributed by atoms with Gasteiger partial charge in [-0.1, -0.05) is 12.8 Å². The topological polar surface area (TPSA) is 68.3 Å². The van der Waals surface area contributed by atoms with Crippen LogP contribution >= 0.6 is 0 Å². The summed E-state index contributed by atoms with van der Waals surface area (Å²) in [7, 11) is 1.60. The summed E-state index contributed by atoms with van der Waals surface area (Å²) in [6.45, 7) is 1.24. The van der Waals surface area contributed by atoms with Gasteiger partial charge in [-0.15, -0.1) is 0 Å². The van der Waals surface area contributed by atoms with Gasteiger partial charge in [0.2, 0.25) is 0 Å². The molecule has 1 saturated carbocycles. The predicted molar refractivity (Wildman–Crippen MR) is 73.2 cm³/mol. The molecule has 0 atom stereocenters. The van der Waals surface area contributed by atoms with E-state index in [9.17, 15) is 0 Å². The van der Waals surface area contributed by atoms with Crippen molar-refractivity contribution in [1.29, 1.82) is 5.26 Å². The molecule has 1 fully saturated rings. The predicted octanol–water partition coefficient (Wildman–Crippen LogP) is 2.46. The van der Waals surface area contributed by atoms with Crippen molar-refractivity contribution in [3.05, 3.63) is 23.8 Å². The second-order valence-electron chi connectivity index (χ2n) is 5.18. The molecular weight excluding hydrogens is 240 g/mol. The quantitative estimate of drug-likeness (QED) is 0.883. The first-order valence-corrected chi connectivity index (χ1v) is 6.64. The number of hydrogen-bond donors (Lipinski definition) is 1. The second-order valence-corrected chi connectivity index (χ2v) is 5.18. The van der Waals surface area contributed by atoms with Gasteiger partial charge in [0.15, 0.2) is 11.5 Å². The molecule has 19 heavy (non-hydrogen) atoms. The summed E-state index contributed by atoms with van der Waals surface area (Å²) < 4.78 is 11.2. The highest BCUT2D eigenvalue weighted by Crippen LogP contribution is 2.38. The Morgan fingerprint density at radius 3 is 2.63 bits per heavy atom. The van der Waals surface area contributed by atoms with E-state index >= 15 is 0 Å². The molecule has 0 heterocycles. The van der Waals surface area contributed by atoms with Crippen molar-refractivity contribution in [2.24, 2.45) is 11.1 Å². The maximum Gasteiger partial charge on any atom is 0.162 e. The molecule has 4 nitrogen and oxygen atoms in total. The van der Waals surface area contributed by atoms with Gasteiger partial charge in [-0.25, -0.2) is 0 Å². The van der Waals surface area contributed by atoms with Crippen LogP contribution in [0.15, 0.2) is 18.2 Å². The maximum atomic E-state index is 8.94. The molecule has 0 amide bonds. The molecule has 2 rings (SSSR count). The van der Waals surface area contributed by atoms with Crippen molar-refractivity contribution in [3.63, 3.8) is 0 Å². The molecule has 0 bridgehead atoms. The number of nitrogens with zero attached hydrogens (tertiary/aromatic N) is 1. The lowest BCUT2D eigenvalue weighted by molar-refractivity contribution is 0.153. The summed E-state index contributed by atoms with van der Waals surface area (Å²) in [5.74, 6) is 1.28. The van der Waals surface area contributed by atoms with E-state index in [4.69, 9.17) is 20.5 Å². The minimum atomic E-state index is 0.0909. The highest BCUT2D eigenvalue weighted by Gasteiger charge is 2.33.